The highest BCUT2D eigenvalue weighted by molar-refractivity contribution is 9.10. The maximum atomic E-state index is 12.6. The number of halogens is 1. The Labute approximate surface area is 131 Å². The van der Waals surface area contributed by atoms with Crippen molar-refractivity contribution in [3.63, 3.8) is 0 Å². The summed E-state index contributed by atoms with van der Waals surface area (Å²) in [6.45, 7) is 0. The maximum Gasteiger partial charge on any atom is 0.261 e. The first-order valence-electron chi connectivity index (χ1n) is 6.19. The third-order valence-corrected chi connectivity index (χ3v) is 3.58. The Bertz CT molecular complexity index is 722. The fraction of sp³-hybridized carbons (Fsp3) is 0.125. The summed E-state index contributed by atoms with van der Waals surface area (Å²) in [4.78, 5) is 14.1. The van der Waals surface area contributed by atoms with E-state index in [9.17, 15) is 4.79 Å². The molecule has 0 bridgehead atoms. The van der Waals surface area contributed by atoms with Gasteiger partial charge in [0.15, 0.2) is 0 Å². The van der Waals surface area contributed by atoms with Crippen LogP contribution in [0, 0.1) is 11.3 Å². The first-order chi connectivity index (χ1) is 10.1. The molecule has 21 heavy (non-hydrogen) atoms. The normalized spacial score (nSPS) is 9.81. The van der Waals surface area contributed by atoms with Crippen molar-refractivity contribution in [2.75, 3.05) is 19.1 Å². The largest absolute Gasteiger partial charge is 0.496 e. The fourth-order valence-corrected chi connectivity index (χ4v) is 2.33. The quantitative estimate of drug-likeness (QED) is 0.854. The zero-order valence-corrected chi connectivity index (χ0v) is 13.2. The molecule has 0 unspecified atom stereocenters. The van der Waals surface area contributed by atoms with Gasteiger partial charge in [-0.05, 0) is 30.3 Å². The summed E-state index contributed by atoms with van der Waals surface area (Å²) in [5, 5.41) is 9.14. The van der Waals surface area contributed by atoms with Crippen LogP contribution in [0.15, 0.2) is 46.9 Å². The molecule has 4 nitrogen and oxygen atoms in total. The first-order valence-corrected chi connectivity index (χ1v) is 6.98. The molecule has 0 aromatic heterocycles. The van der Waals surface area contributed by atoms with E-state index in [2.05, 4.69) is 22.0 Å². The van der Waals surface area contributed by atoms with Crippen LogP contribution in [0.5, 0.6) is 5.75 Å². The predicted molar refractivity (Wildman–Crippen MR) is 84.6 cm³/mol. The van der Waals surface area contributed by atoms with E-state index in [0.717, 1.165) is 4.47 Å². The highest BCUT2D eigenvalue weighted by Crippen LogP contribution is 2.27. The molecule has 0 spiro atoms. The lowest BCUT2D eigenvalue weighted by Gasteiger charge is -2.20. The van der Waals surface area contributed by atoms with Crippen LogP contribution in [0.3, 0.4) is 0 Å². The molecule has 0 aliphatic heterocycles. The number of nitrogens with zero attached hydrogens (tertiary/aromatic N) is 2. The second kappa shape index (κ2) is 6.42. The van der Waals surface area contributed by atoms with E-state index in [-0.39, 0.29) is 5.91 Å². The van der Waals surface area contributed by atoms with Crippen molar-refractivity contribution in [2.24, 2.45) is 0 Å². The van der Waals surface area contributed by atoms with Crippen molar-refractivity contribution >= 4 is 27.5 Å². The highest BCUT2D eigenvalue weighted by atomic mass is 79.9. The Kier molecular flexibility index (Phi) is 4.61. The molecule has 0 saturated carbocycles. The number of amides is 1. The molecule has 0 saturated heterocycles. The molecule has 0 aliphatic rings. The Hall–Kier alpha value is -2.32. The molecule has 0 atom stereocenters. The molecule has 0 heterocycles. The molecule has 0 radical (unpaired) electrons. The number of nitriles is 1. The molecule has 2 aromatic rings. The van der Waals surface area contributed by atoms with Gasteiger partial charge < -0.3 is 9.64 Å². The van der Waals surface area contributed by atoms with Gasteiger partial charge in [-0.2, -0.15) is 5.26 Å². The van der Waals surface area contributed by atoms with Gasteiger partial charge in [0.25, 0.3) is 5.91 Å². The minimum absolute atomic E-state index is 0.234. The van der Waals surface area contributed by atoms with E-state index < -0.39 is 0 Å². The summed E-state index contributed by atoms with van der Waals surface area (Å²) in [7, 11) is 3.15. The molecular formula is C16H13BrN2O2. The number of ether oxygens (including phenoxy) is 1. The third-order valence-electron chi connectivity index (χ3n) is 3.08. The van der Waals surface area contributed by atoms with Crippen molar-refractivity contribution in [1.82, 2.24) is 0 Å². The summed E-state index contributed by atoms with van der Waals surface area (Å²) in [5.41, 5.74) is 1.45. The summed E-state index contributed by atoms with van der Waals surface area (Å²) in [5.74, 6) is 0.248. The van der Waals surface area contributed by atoms with Gasteiger partial charge in [0, 0.05) is 11.5 Å². The Morgan fingerprint density at radius 2 is 2.00 bits per heavy atom. The van der Waals surface area contributed by atoms with E-state index in [1.54, 1.807) is 49.5 Å². The monoisotopic (exact) mass is 344 g/mol. The van der Waals surface area contributed by atoms with Crippen LogP contribution < -0.4 is 9.64 Å². The average Bonchev–Trinajstić information content (AvgIpc) is 2.53. The average molecular weight is 345 g/mol. The van der Waals surface area contributed by atoms with Gasteiger partial charge in [0.1, 0.15) is 11.8 Å². The summed E-state index contributed by atoms with van der Waals surface area (Å²) in [6.07, 6.45) is 0. The van der Waals surface area contributed by atoms with Gasteiger partial charge in [-0.15, -0.1) is 0 Å². The molecule has 2 rings (SSSR count). The summed E-state index contributed by atoms with van der Waals surface area (Å²) < 4.78 is 6.08. The van der Waals surface area contributed by atoms with Crippen molar-refractivity contribution in [3.05, 3.63) is 58.1 Å². The van der Waals surface area contributed by atoms with E-state index in [1.807, 2.05) is 0 Å². The van der Waals surface area contributed by atoms with E-state index >= 15 is 0 Å². The number of para-hydroxylation sites is 1. The van der Waals surface area contributed by atoms with Crippen LogP contribution in [0.1, 0.15) is 15.9 Å². The highest BCUT2D eigenvalue weighted by Gasteiger charge is 2.19. The van der Waals surface area contributed by atoms with Gasteiger partial charge in [0.05, 0.1) is 23.9 Å². The Balaban J connectivity index is 2.43. The van der Waals surface area contributed by atoms with Crippen LogP contribution in [0.25, 0.3) is 0 Å². The number of carbonyl (C=O) groups is 1. The smallest absolute Gasteiger partial charge is 0.261 e. The summed E-state index contributed by atoms with van der Waals surface area (Å²) >= 11 is 3.34. The molecular weight excluding hydrogens is 332 g/mol. The zero-order chi connectivity index (χ0) is 15.4. The molecule has 0 aliphatic carbocycles. The van der Waals surface area contributed by atoms with E-state index in [4.69, 9.17) is 10.00 Å². The SMILES string of the molecule is COc1cc(Br)ccc1C(=O)N(C)c1ccccc1C#N. The number of benzene rings is 2. The lowest BCUT2D eigenvalue weighted by molar-refractivity contribution is 0.0990. The van der Waals surface area contributed by atoms with Crippen LogP contribution >= 0.6 is 15.9 Å². The van der Waals surface area contributed by atoms with E-state index in [1.165, 1.54) is 12.0 Å². The number of anilines is 1. The second-order valence-electron chi connectivity index (χ2n) is 4.34. The van der Waals surface area contributed by atoms with Gasteiger partial charge in [0.2, 0.25) is 0 Å². The lowest BCUT2D eigenvalue weighted by Crippen LogP contribution is -2.27. The number of rotatable bonds is 3. The predicted octanol–water partition coefficient (Wildman–Crippen LogP) is 3.61. The molecule has 0 N–H and O–H groups in total. The Morgan fingerprint density at radius 1 is 1.29 bits per heavy atom. The fourth-order valence-electron chi connectivity index (χ4n) is 1.99. The topological polar surface area (TPSA) is 53.3 Å². The van der Waals surface area contributed by atoms with Crippen LogP contribution in [0.4, 0.5) is 5.69 Å². The van der Waals surface area contributed by atoms with Gasteiger partial charge in [-0.1, -0.05) is 28.1 Å². The number of methoxy groups -OCH3 is 1. The molecule has 5 heteroatoms. The third kappa shape index (κ3) is 3.06. The maximum absolute atomic E-state index is 12.6. The van der Waals surface area contributed by atoms with Gasteiger partial charge >= 0.3 is 0 Å². The van der Waals surface area contributed by atoms with Crippen LogP contribution in [0.2, 0.25) is 0 Å². The van der Waals surface area contributed by atoms with Gasteiger partial charge in [-0.3, -0.25) is 4.79 Å². The molecule has 0 fully saturated rings. The lowest BCUT2D eigenvalue weighted by atomic mass is 10.1. The van der Waals surface area contributed by atoms with Crippen molar-refractivity contribution in [3.8, 4) is 11.8 Å². The summed E-state index contributed by atoms with van der Waals surface area (Å²) in [6, 6.07) is 14.3. The minimum Gasteiger partial charge on any atom is -0.496 e. The van der Waals surface area contributed by atoms with Crippen molar-refractivity contribution in [1.29, 1.82) is 5.26 Å². The molecule has 1 amide bonds. The first kappa shape index (κ1) is 15.1. The number of hydrogen-bond acceptors (Lipinski definition) is 3. The number of carbonyl (C=O) groups excluding carboxylic acids is 1. The number of hydrogen-bond donors (Lipinski definition) is 0. The Morgan fingerprint density at radius 3 is 2.67 bits per heavy atom. The van der Waals surface area contributed by atoms with Crippen molar-refractivity contribution in [2.45, 2.75) is 0 Å². The zero-order valence-electron chi connectivity index (χ0n) is 11.6. The van der Waals surface area contributed by atoms with Crippen LogP contribution in [-0.2, 0) is 0 Å². The van der Waals surface area contributed by atoms with Crippen LogP contribution in [-0.4, -0.2) is 20.1 Å². The van der Waals surface area contributed by atoms with Crippen molar-refractivity contribution < 1.29 is 9.53 Å². The van der Waals surface area contributed by atoms with Gasteiger partial charge in [-0.25, -0.2) is 0 Å². The minimum atomic E-state index is -0.234. The van der Waals surface area contributed by atoms with E-state index in [0.29, 0.717) is 22.6 Å². The second-order valence-corrected chi connectivity index (χ2v) is 5.25. The standard InChI is InChI=1S/C16H13BrN2O2/c1-19(14-6-4-3-5-11(14)10-18)16(20)13-8-7-12(17)9-15(13)21-2/h3-9H,1-2H3. The molecule has 106 valence electrons. The molecule has 2 aromatic carbocycles.